The predicted molar refractivity (Wildman–Crippen MR) is 138 cm³/mol. The second-order valence-corrected chi connectivity index (χ2v) is 9.34. The fraction of sp³-hybridized carbons (Fsp3) is 0.407. The minimum absolute atomic E-state index is 0.0391. The zero-order valence-corrected chi connectivity index (χ0v) is 20.1. The molecule has 2 aromatic carbocycles. The van der Waals surface area contributed by atoms with Gasteiger partial charge in [-0.3, -0.25) is 4.79 Å². The summed E-state index contributed by atoms with van der Waals surface area (Å²) in [5.41, 5.74) is 4.80. The van der Waals surface area contributed by atoms with Crippen molar-refractivity contribution in [1.82, 2.24) is 14.5 Å². The van der Waals surface area contributed by atoms with E-state index in [2.05, 4.69) is 52.4 Å². The van der Waals surface area contributed by atoms with Crippen LogP contribution in [0, 0.1) is 11.3 Å². The monoisotopic (exact) mass is 457 g/mol. The van der Waals surface area contributed by atoms with Gasteiger partial charge in [-0.1, -0.05) is 19.9 Å². The number of H-pyrrole nitrogens is 1. The lowest BCUT2D eigenvalue weighted by atomic mass is 10.0. The number of nitrogens with zero attached hydrogens (tertiary/aromatic N) is 4. The first kappa shape index (κ1) is 22.5. The van der Waals surface area contributed by atoms with Crippen LogP contribution in [0.5, 0.6) is 0 Å². The van der Waals surface area contributed by atoms with Gasteiger partial charge in [0.15, 0.2) is 5.43 Å². The zero-order valence-electron chi connectivity index (χ0n) is 20.1. The summed E-state index contributed by atoms with van der Waals surface area (Å²) in [5, 5.41) is 21.7. The molecular formula is C27H31N5O2. The summed E-state index contributed by atoms with van der Waals surface area (Å²) in [5.74, 6) is 0. The summed E-state index contributed by atoms with van der Waals surface area (Å²) < 4.78 is 2.28. The molecule has 176 valence electrons. The molecule has 3 heterocycles. The summed E-state index contributed by atoms with van der Waals surface area (Å²) in [7, 11) is 2.12. The van der Waals surface area contributed by atoms with Crippen molar-refractivity contribution >= 4 is 38.5 Å². The molecule has 0 saturated carbocycles. The third kappa shape index (κ3) is 3.46. The van der Waals surface area contributed by atoms with Crippen LogP contribution in [0.2, 0.25) is 0 Å². The van der Waals surface area contributed by atoms with Crippen LogP contribution >= 0.6 is 0 Å². The fourth-order valence-corrected chi connectivity index (χ4v) is 5.42. The first-order valence-corrected chi connectivity index (χ1v) is 12.1. The van der Waals surface area contributed by atoms with Crippen LogP contribution in [0.25, 0.3) is 32.8 Å². The Morgan fingerprint density at radius 3 is 2.47 bits per heavy atom. The molecule has 0 spiro atoms. The predicted octanol–water partition coefficient (Wildman–Crippen LogP) is 4.11. The number of aliphatic hydroxyl groups is 1. The van der Waals surface area contributed by atoms with Crippen molar-refractivity contribution < 1.29 is 5.11 Å². The second kappa shape index (κ2) is 8.79. The molecule has 7 nitrogen and oxygen atoms in total. The van der Waals surface area contributed by atoms with Crippen molar-refractivity contribution in [3.63, 3.8) is 0 Å². The van der Waals surface area contributed by atoms with Crippen LogP contribution in [0.1, 0.15) is 43.9 Å². The van der Waals surface area contributed by atoms with Crippen LogP contribution in [-0.2, 0) is 6.61 Å². The first-order chi connectivity index (χ1) is 16.5. The highest BCUT2D eigenvalue weighted by Gasteiger charge is 2.23. The Kier molecular flexibility index (Phi) is 5.80. The standard InChI is InChI=1S/C27H31N5O2/c1-4-19(5-2)32-24-14-23(31-10-8-30(3)9-11-31)18(16-33)13-21(24)26(34)25-20-7-6-17(15-28)12-22(20)29-27(25)32/h6-7,12-14,19,29,33H,4-5,8-11,16H2,1-3H3. The van der Waals surface area contributed by atoms with Gasteiger partial charge in [-0.15, -0.1) is 0 Å². The van der Waals surface area contributed by atoms with Gasteiger partial charge in [0.2, 0.25) is 0 Å². The minimum atomic E-state index is -0.112. The topological polar surface area (TPSA) is 88.3 Å². The molecule has 2 N–H and O–H groups in total. The molecule has 5 rings (SSSR count). The number of nitrogens with one attached hydrogen (secondary N) is 1. The van der Waals surface area contributed by atoms with E-state index < -0.39 is 0 Å². The van der Waals surface area contributed by atoms with Crippen molar-refractivity contribution in [2.45, 2.75) is 39.3 Å². The number of anilines is 1. The number of hydrogen-bond acceptors (Lipinski definition) is 5. The SMILES string of the molecule is CCC(CC)n1c2cc(N3CCN(C)CC3)c(CO)cc2c(=O)c2c3ccc(C#N)cc3[nH]c21. The van der Waals surface area contributed by atoms with E-state index in [4.69, 9.17) is 0 Å². The molecule has 0 atom stereocenters. The quantitative estimate of drug-likeness (QED) is 0.471. The summed E-state index contributed by atoms with van der Waals surface area (Å²) in [6.45, 7) is 7.92. The maximum Gasteiger partial charge on any atom is 0.199 e. The van der Waals surface area contributed by atoms with Crippen molar-refractivity contribution in [1.29, 1.82) is 5.26 Å². The average Bonchev–Trinajstić information content (AvgIpc) is 3.24. The number of aliphatic hydroxyl groups excluding tert-OH is 1. The number of pyridine rings is 1. The van der Waals surface area contributed by atoms with E-state index in [0.29, 0.717) is 16.3 Å². The molecule has 0 aliphatic carbocycles. The van der Waals surface area contributed by atoms with E-state index in [-0.39, 0.29) is 18.1 Å². The smallest absolute Gasteiger partial charge is 0.199 e. The molecular weight excluding hydrogens is 426 g/mol. The number of hydrogen-bond donors (Lipinski definition) is 2. The molecule has 4 aromatic rings. The van der Waals surface area contributed by atoms with Crippen molar-refractivity contribution in [2.24, 2.45) is 0 Å². The van der Waals surface area contributed by atoms with E-state index in [0.717, 1.165) is 72.3 Å². The first-order valence-electron chi connectivity index (χ1n) is 12.1. The van der Waals surface area contributed by atoms with Crippen molar-refractivity contribution in [3.05, 3.63) is 51.7 Å². The minimum Gasteiger partial charge on any atom is -0.392 e. The maximum absolute atomic E-state index is 13.9. The molecule has 1 fully saturated rings. The number of rotatable bonds is 5. The van der Waals surface area contributed by atoms with Gasteiger partial charge in [0.1, 0.15) is 5.65 Å². The number of benzene rings is 2. The van der Waals surface area contributed by atoms with Crippen LogP contribution in [0.15, 0.2) is 35.1 Å². The highest BCUT2D eigenvalue weighted by atomic mass is 16.3. The highest BCUT2D eigenvalue weighted by molar-refractivity contribution is 6.10. The molecule has 7 heteroatoms. The van der Waals surface area contributed by atoms with Gasteiger partial charge in [-0.25, -0.2) is 0 Å². The van der Waals surface area contributed by atoms with E-state index in [1.807, 2.05) is 18.2 Å². The number of piperazine rings is 1. The number of fused-ring (bicyclic) bond motifs is 4. The number of nitriles is 1. The van der Waals surface area contributed by atoms with Crippen LogP contribution in [0.4, 0.5) is 5.69 Å². The van der Waals surface area contributed by atoms with E-state index in [1.54, 1.807) is 6.07 Å². The van der Waals surface area contributed by atoms with Gasteiger partial charge in [-0.05, 0) is 44.2 Å². The fourth-order valence-electron chi connectivity index (χ4n) is 5.42. The molecule has 34 heavy (non-hydrogen) atoms. The number of likely N-dealkylation sites (N-methyl/N-ethyl adjacent to an activating group) is 1. The van der Waals surface area contributed by atoms with Crippen molar-refractivity contribution in [3.8, 4) is 6.07 Å². The second-order valence-electron chi connectivity index (χ2n) is 9.34. The Morgan fingerprint density at radius 2 is 1.82 bits per heavy atom. The van der Waals surface area contributed by atoms with Gasteiger partial charge < -0.3 is 24.5 Å². The number of aromatic nitrogens is 2. The summed E-state index contributed by atoms with van der Waals surface area (Å²) in [4.78, 5) is 22.0. The lowest BCUT2D eigenvalue weighted by Gasteiger charge is -2.35. The van der Waals surface area contributed by atoms with Crippen LogP contribution < -0.4 is 10.3 Å². The molecule has 1 aliphatic heterocycles. The Bertz CT molecular complexity index is 1480. The van der Waals surface area contributed by atoms with Crippen molar-refractivity contribution in [2.75, 3.05) is 38.1 Å². The molecule has 0 bridgehead atoms. The summed E-state index contributed by atoms with van der Waals surface area (Å²) in [6.07, 6.45) is 1.85. The Labute approximate surface area is 198 Å². The molecule has 0 radical (unpaired) electrons. The summed E-state index contributed by atoms with van der Waals surface area (Å²) >= 11 is 0. The molecule has 2 aromatic heterocycles. The van der Waals surface area contributed by atoms with Gasteiger partial charge in [0.25, 0.3) is 0 Å². The normalized spacial score (nSPS) is 15.1. The van der Waals surface area contributed by atoms with E-state index in [1.165, 1.54) is 0 Å². The zero-order chi connectivity index (χ0) is 24.0. The highest BCUT2D eigenvalue weighted by Crippen LogP contribution is 2.35. The van der Waals surface area contributed by atoms with Crippen LogP contribution in [0.3, 0.4) is 0 Å². The Hall–Kier alpha value is -3.34. The van der Waals surface area contributed by atoms with Gasteiger partial charge in [-0.2, -0.15) is 5.26 Å². The van der Waals surface area contributed by atoms with E-state index in [9.17, 15) is 15.2 Å². The third-order valence-electron chi connectivity index (χ3n) is 7.40. The molecule has 0 unspecified atom stereocenters. The number of aromatic amines is 1. The van der Waals surface area contributed by atoms with E-state index >= 15 is 0 Å². The molecule has 0 amide bonds. The maximum atomic E-state index is 13.9. The average molecular weight is 458 g/mol. The molecule has 1 aliphatic rings. The lowest BCUT2D eigenvalue weighted by Crippen LogP contribution is -2.44. The third-order valence-corrected chi connectivity index (χ3v) is 7.40. The largest absolute Gasteiger partial charge is 0.392 e. The Balaban J connectivity index is 1.88. The van der Waals surface area contributed by atoms with Crippen LogP contribution in [-0.4, -0.2) is 52.8 Å². The summed E-state index contributed by atoms with van der Waals surface area (Å²) in [6, 6.07) is 11.8. The van der Waals surface area contributed by atoms with Gasteiger partial charge >= 0.3 is 0 Å². The van der Waals surface area contributed by atoms with Gasteiger partial charge in [0, 0.05) is 59.8 Å². The lowest BCUT2D eigenvalue weighted by molar-refractivity contribution is 0.280. The molecule has 1 saturated heterocycles. The van der Waals surface area contributed by atoms with Gasteiger partial charge in [0.05, 0.1) is 29.1 Å². The Morgan fingerprint density at radius 1 is 1.09 bits per heavy atom.